The summed E-state index contributed by atoms with van der Waals surface area (Å²) in [7, 11) is -5.63. The molecule has 0 unspecified atom stereocenters. The lowest BCUT2D eigenvalue weighted by Gasteiger charge is -2.31. The van der Waals surface area contributed by atoms with Crippen LogP contribution in [0.1, 0.15) is 132 Å². The van der Waals surface area contributed by atoms with Crippen molar-refractivity contribution in [1.82, 2.24) is 10.3 Å². The van der Waals surface area contributed by atoms with E-state index < -0.39 is 103 Å². The Kier molecular flexibility index (Phi) is 16.8. The molecule has 384 valence electrons. The number of Topliss-reactive ketones (excluding diaryl/α,β-unsaturated/α-hetero) is 1. The number of carbonyl (C=O) groups is 6. The summed E-state index contributed by atoms with van der Waals surface area (Å²) in [6.07, 6.45) is 0.261. The maximum absolute atomic E-state index is 16.4. The number of nitrogens with two attached hydrogens (primary N) is 1. The fourth-order valence-corrected chi connectivity index (χ4v) is 9.56. The second-order valence-electron chi connectivity index (χ2n) is 20.6. The van der Waals surface area contributed by atoms with Crippen LogP contribution in [0.4, 0.5) is 14.5 Å². The van der Waals surface area contributed by atoms with Crippen LogP contribution in [0.2, 0.25) is 0 Å². The van der Waals surface area contributed by atoms with Crippen LogP contribution < -0.4 is 16.0 Å². The zero-order chi connectivity index (χ0) is 52.2. The first-order valence-corrected chi connectivity index (χ1v) is 25.2. The number of ketones is 1. The summed E-state index contributed by atoms with van der Waals surface area (Å²) in [5.41, 5.74) is 2.83. The lowest BCUT2D eigenvalue weighted by atomic mass is 9.93. The summed E-state index contributed by atoms with van der Waals surface area (Å²) in [5, 5.41) is 3.17. The number of alkyl halides is 2. The molecule has 1 aromatic heterocycles. The summed E-state index contributed by atoms with van der Waals surface area (Å²) in [5.74, 6) is -4.12. The molecule has 0 radical (unpaired) electrons. The van der Waals surface area contributed by atoms with E-state index in [4.69, 9.17) is 29.0 Å². The van der Waals surface area contributed by atoms with Gasteiger partial charge in [0.1, 0.15) is 6.04 Å². The van der Waals surface area contributed by atoms with Crippen molar-refractivity contribution in [1.29, 1.82) is 0 Å². The van der Waals surface area contributed by atoms with Crippen molar-refractivity contribution in [2.24, 2.45) is 22.5 Å². The van der Waals surface area contributed by atoms with Crippen LogP contribution in [0.3, 0.4) is 0 Å². The Morgan fingerprint density at radius 3 is 2.08 bits per heavy atom. The van der Waals surface area contributed by atoms with Gasteiger partial charge in [-0.2, -0.15) is 8.78 Å². The number of esters is 2. The first-order chi connectivity index (χ1) is 33.2. The van der Waals surface area contributed by atoms with Gasteiger partial charge in [-0.15, -0.1) is 0 Å². The molecule has 2 aliphatic rings. The maximum atomic E-state index is 16.4. The Bertz CT molecular complexity index is 2650. The maximum Gasteiger partial charge on any atom is 0.410 e. The molecule has 4 atom stereocenters. The van der Waals surface area contributed by atoms with Crippen LogP contribution in [0.25, 0.3) is 10.9 Å². The number of rotatable bonds is 21. The van der Waals surface area contributed by atoms with Crippen molar-refractivity contribution in [2.75, 3.05) is 18.5 Å². The van der Waals surface area contributed by atoms with Gasteiger partial charge in [0.15, 0.2) is 5.78 Å². The average Bonchev–Trinajstić information content (AvgIpc) is 3.89. The van der Waals surface area contributed by atoms with Gasteiger partial charge < -0.3 is 30.2 Å². The molecular weight excluding hydrogens is 942 g/mol. The van der Waals surface area contributed by atoms with Crippen LogP contribution in [-0.4, -0.2) is 72.2 Å². The Balaban J connectivity index is 1.19. The molecular formula is C52H65F2N4O12P. The zero-order valence-corrected chi connectivity index (χ0v) is 42.6. The van der Waals surface area contributed by atoms with Crippen molar-refractivity contribution in [2.45, 2.75) is 137 Å². The van der Waals surface area contributed by atoms with Gasteiger partial charge in [-0.05, 0) is 114 Å². The minimum Gasteiger partial charge on any atom is -0.438 e. The highest BCUT2D eigenvalue weighted by Gasteiger charge is 2.56. The largest absolute Gasteiger partial charge is 0.438 e. The summed E-state index contributed by atoms with van der Waals surface area (Å²) in [4.78, 5) is 84.2. The summed E-state index contributed by atoms with van der Waals surface area (Å²) in [6, 6.07) is 16.6. The quantitative estimate of drug-likeness (QED) is 0.0308. The predicted molar refractivity (Wildman–Crippen MR) is 260 cm³/mol. The number of halogens is 2. The number of nitrogens with one attached hydrogen (secondary N) is 2. The van der Waals surface area contributed by atoms with Crippen LogP contribution in [0.15, 0.2) is 66.7 Å². The minimum absolute atomic E-state index is 0.00689. The average molecular weight is 1010 g/mol. The number of nitrogens with zero attached hydrogens (tertiary/aromatic N) is 1. The van der Waals surface area contributed by atoms with Crippen molar-refractivity contribution >= 4 is 59.6 Å². The minimum atomic E-state index is -5.63. The molecule has 16 nitrogen and oxygen atoms in total. The number of amides is 3. The van der Waals surface area contributed by atoms with Gasteiger partial charge in [-0.25, -0.2) is 0 Å². The number of benzene rings is 3. The van der Waals surface area contributed by atoms with Crippen molar-refractivity contribution in [3.05, 3.63) is 100 Å². The molecule has 0 saturated heterocycles. The third-order valence-corrected chi connectivity index (χ3v) is 14.5. The Morgan fingerprint density at radius 1 is 0.873 bits per heavy atom. The van der Waals surface area contributed by atoms with Crippen LogP contribution in [-0.2, 0) is 76.9 Å². The molecule has 0 bridgehead atoms. The molecule has 19 heteroatoms. The molecule has 71 heavy (non-hydrogen) atoms. The number of hydrogen-bond acceptors (Lipinski definition) is 12. The number of para-hydroxylation sites is 1. The van der Waals surface area contributed by atoms with Gasteiger partial charge in [-0.1, -0.05) is 62.4 Å². The highest BCUT2D eigenvalue weighted by molar-refractivity contribution is 7.54. The fraction of sp³-hybridized carbons (Fsp3) is 0.500. The lowest BCUT2D eigenvalue weighted by molar-refractivity contribution is -0.163. The number of hydrogen-bond donors (Lipinski definition) is 3. The van der Waals surface area contributed by atoms with Gasteiger partial charge in [0.2, 0.25) is 31.3 Å². The smallest absolute Gasteiger partial charge is 0.410 e. The standard InChI is InChI=1S/C52H65F2N4O12P/c1-30(2)33-15-13-32(14-16-33)27-66-31(3)39(21-22-44(55)60)57-46(61)42-25-35-12-10-11-34-17-18-36(47(62)58(42)45(34)35)26-43(59)41-24-37-23-38(19-20-40(37)56-41)52(53,54)71(65,69-28-67-48(63)50(4,5)6)70-29-68-49(64)51(7,8)9/h10-16,19-20,23-24,30-31,36,39,42,56H,17-18,21-22,25-29H2,1-9H3,(H2,55,60)(H,57,61)/t31-,36-,39+,42+/m1/s1. The number of anilines is 1. The summed E-state index contributed by atoms with van der Waals surface area (Å²) in [6.45, 7) is 13.0. The number of aromatic nitrogens is 1. The Hall–Kier alpha value is -5.81. The molecule has 4 N–H and O–H groups in total. The van der Waals surface area contributed by atoms with E-state index in [-0.39, 0.29) is 55.3 Å². The first kappa shape index (κ1) is 54.5. The van der Waals surface area contributed by atoms with Crippen molar-refractivity contribution in [3.8, 4) is 0 Å². The van der Waals surface area contributed by atoms with E-state index in [2.05, 4.69) is 24.1 Å². The monoisotopic (exact) mass is 1010 g/mol. The number of aryl methyl sites for hydroxylation is 1. The van der Waals surface area contributed by atoms with E-state index in [1.807, 2.05) is 42.5 Å². The van der Waals surface area contributed by atoms with Gasteiger partial charge in [0.25, 0.3) is 0 Å². The third kappa shape index (κ3) is 12.8. The SMILES string of the molecule is CC(C)c1ccc(CO[C@H](C)[C@H](CCC(N)=O)NC(=O)[C@@H]2Cc3cccc4c3N2C(=O)[C@@H](CC(=O)c2cc3cc(C(F)(F)P(=O)(OCOC(=O)C(C)(C)C)OCOC(=O)C(C)(C)C)ccc3[nH]2)CC4)cc1. The second kappa shape index (κ2) is 21.9. The van der Waals surface area contributed by atoms with Crippen molar-refractivity contribution in [3.63, 3.8) is 0 Å². The van der Waals surface area contributed by atoms with Crippen LogP contribution >= 0.6 is 7.60 Å². The number of carbonyl (C=O) groups excluding carboxylic acids is 6. The van der Waals surface area contributed by atoms with E-state index in [0.29, 0.717) is 18.0 Å². The molecule has 3 amide bonds. The molecule has 3 aromatic carbocycles. The molecule has 4 aromatic rings. The first-order valence-electron chi connectivity index (χ1n) is 23.7. The van der Waals surface area contributed by atoms with Gasteiger partial charge in [-0.3, -0.25) is 47.3 Å². The van der Waals surface area contributed by atoms with E-state index in [0.717, 1.165) is 28.8 Å². The highest BCUT2D eigenvalue weighted by atomic mass is 31.2. The van der Waals surface area contributed by atoms with E-state index in [9.17, 15) is 33.3 Å². The van der Waals surface area contributed by atoms with Gasteiger partial charge in [0.05, 0.1) is 41.0 Å². The zero-order valence-electron chi connectivity index (χ0n) is 41.7. The number of aromatic amines is 1. The number of H-pyrrole nitrogens is 1. The topological polar surface area (TPSA) is 223 Å². The van der Waals surface area contributed by atoms with E-state index >= 15 is 8.78 Å². The molecule has 0 spiro atoms. The lowest BCUT2D eigenvalue weighted by Crippen LogP contribution is -2.54. The van der Waals surface area contributed by atoms with E-state index in [1.54, 1.807) is 6.92 Å². The van der Waals surface area contributed by atoms with E-state index in [1.165, 1.54) is 64.1 Å². The van der Waals surface area contributed by atoms with Crippen molar-refractivity contribution < 1.29 is 65.4 Å². The number of primary amides is 1. The molecule has 0 fully saturated rings. The van der Waals surface area contributed by atoms with Crippen LogP contribution in [0.5, 0.6) is 0 Å². The number of ether oxygens (including phenoxy) is 3. The summed E-state index contributed by atoms with van der Waals surface area (Å²) >= 11 is 0. The van der Waals surface area contributed by atoms with Gasteiger partial charge in [0, 0.05) is 41.6 Å². The second-order valence-corrected chi connectivity index (χ2v) is 22.7. The summed E-state index contributed by atoms with van der Waals surface area (Å²) < 4.78 is 72.9. The molecule has 0 saturated carbocycles. The predicted octanol–water partition coefficient (Wildman–Crippen LogP) is 9.11. The third-order valence-electron chi connectivity index (χ3n) is 12.7. The Labute approximate surface area is 412 Å². The molecule has 3 heterocycles. The van der Waals surface area contributed by atoms with Gasteiger partial charge >= 0.3 is 25.2 Å². The normalized spacial score (nSPS) is 17.1. The molecule has 6 rings (SSSR count). The fourth-order valence-electron chi connectivity index (χ4n) is 8.33. The molecule has 2 aliphatic heterocycles. The molecule has 0 aliphatic carbocycles. The highest BCUT2D eigenvalue weighted by Crippen LogP contribution is 2.67. The van der Waals surface area contributed by atoms with Crippen LogP contribution in [0, 0.1) is 16.7 Å². The Morgan fingerprint density at radius 2 is 1.49 bits per heavy atom. The number of fused-ring (bicyclic) bond motifs is 1.